The number of thiophene rings is 1. The maximum Gasteiger partial charge on any atom is 0.284 e. The summed E-state index contributed by atoms with van der Waals surface area (Å²) in [5, 5.41) is 9.62. The van der Waals surface area contributed by atoms with E-state index < -0.39 is 5.91 Å². The Kier molecular flexibility index (Phi) is 4.59. The Labute approximate surface area is 143 Å². The normalized spacial score (nSPS) is 10.6. The van der Waals surface area contributed by atoms with Gasteiger partial charge in [-0.3, -0.25) is 14.8 Å². The van der Waals surface area contributed by atoms with Crippen LogP contribution in [-0.2, 0) is 11.2 Å². The van der Waals surface area contributed by atoms with Crippen LogP contribution in [0, 0.1) is 0 Å². The van der Waals surface area contributed by atoms with E-state index >= 15 is 0 Å². The number of hydroxylamine groups is 1. The number of hydrogen-bond donors (Lipinski definition) is 2. The van der Waals surface area contributed by atoms with Gasteiger partial charge in [0, 0.05) is 17.4 Å². The van der Waals surface area contributed by atoms with Crippen molar-refractivity contribution in [2.24, 2.45) is 0 Å². The molecule has 0 unspecified atom stereocenters. The van der Waals surface area contributed by atoms with Crippen molar-refractivity contribution in [2.75, 3.05) is 11.9 Å². The first-order chi connectivity index (χ1) is 11.6. The van der Waals surface area contributed by atoms with Crippen molar-refractivity contribution in [1.82, 2.24) is 5.48 Å². The van der Waals surface area contributed by atoms with Gasteiger partial charge in [0.15, 0.2) is 0 Å². The molecule has 0 aliphatic carbocycles. The monoisotopic (exact) mass is 340 g/mol. The van der Waals surface area contributed by atoms with E-state index in [9.17, 15) is 9.59 Å². The fourth-order valence-electron chi connectivity index (χ4n) is 2.43. The molecule has 3 aromatic rings. The average molecular weight is 340 g/mol. The molecule has 0 atom stereocenters. The van der Waals surface area contributed by atoms with E-state index in [1.54, 1.807) is 23.5 Å². The standard InChI is InChI=1S/C18H16N2O3S/c1-20(17(21)9-12-5-3-2-4-6-12)14-8-7-13-10-16(18(22)19-23)24-15(13)11-14/h2-8,10-11,23H,9H2,1H3,(H,19,22). The lowest BCUT2D eigenvalue weighted by molar-refractivity contribution is -0.117. The van der Waals surface area contributed by atoms with E-state index in [2.05, 4.69) is 0 Å². The highest BCUT2D eigenvalue weighted by atomic mass is 32.1. The number of carbonyl (C=O) groups excluding carboxylic acids is 2. The minimum Gasteiger partial charge on any atom is -0.315 e. The summed E-state index contributed by atoms with van der Waals surface area (Å²) in [5.74, 6) is -0.545. The third-order valence-corrected chi connectivity index (χ3v) is 4.89. The minimum absolute atomic E-state index is 0.00886. The highest BCUT2D eigenvalue weighted by Gasteiger charge is 2.14. The lowest BCUT2D eigenvalue weighted by Crippen LogP contribution is -2.27. The zero-order valence-corrected chi connectivity index (χ0v) is 13.8. The number of benzene rings is 2. The number of likely N-dealkylation sites (N-methyl/N-ethyl adjacent to an activating group) is 1. The van der Waals surface area contributed by atoms with Crippen LogP contribution < -0.4 is 10.4 Å². The van der Waals surface area contributed by atoms with Gasteiger partial charge < -0.3 is 4.90 Å². The van der Waals surface area contributed by atoms with Crippen LogP contribution >= 0.6 is 11.3 Å². The molecule has 0 radical (unpaired) electrons. The molecule has 0 aliphatic heterocycles. The van der Waals surface area contributed by atoms with Crippen LogP contribution in [0.15, 0.2) is 54.6 Å². The van der Waals surface area contributed by atoms with E-state index in [0.29, 0.717) is 11.3 Å². The molecule has 0 bridgehead atoms. The van der Waals surface area contributed by atoms with Crippen molar-refractivity contribution in [1.29, 1.82) is 0 Å². The number of carbonyl (C=O) groups is 2. The molecule has 2 amide bonds. The third-order valence-electron chi connectivity index (χ3n) is 3.79. The van der Waals surface area contributed by atoms with Gasteiger partial charge in [0.2, 0.25) is 5.91 Å². The molecule has 0 aliphatic rings. The topological polar surface area (TPSA) is 69.6 Å². The second kappa shape index (κ2) is 6.82. The molecule has 1 heterocycles. The lowest BCUT2D eigenvalue weighted by Gasteiger charge is -2.17. The highest BCUT2D eigenvalue weighted by Crippen LogP contribution is 2.29. The quantitative estimate of drug-likeness (QED) is 0.566. The number of anilines is 1. The average Bonchev–Trinajstić information content (AvgIpc) is 3.04. The van der Waals surface area contributed by atoms with Gasteiger partial charge in [0.05, 0.1) is 11.3 Å². The molecule has 0 fully saturated rings. The molecule has 1 aromatic heterocycles. The SMILES string of the molecule is CN(C(=O)Cc1ccccc1)c1ccc2cc(C(=O)NO)sc2c1. The molecule has 24 heavy (non-hydrogen) atoms. The van der Waals surface area contributed by atoms with Crippen LogP contribution in [-0.4, -0.2) is 24.1 Å². The second-order valence-corrected chi connectivity index (χ2v) is 6.47. The van der Waals surface area contributed by atoms with Crippen molar-refractivity contribution in [2.45, 2.75) is 6.42 Å². The fraction of sp³-hybridized carbons (Fsp3) is 0.111. The van der Waals surface area contributed by atoms with Gasteiger partial charge in [0.1, 0.15) is 0 Å². The van der Waals surface area contributed by atoms with Crippen molar-refractivity contribution >= 4 is 38.9 Å². The predicted molar refractivity (Wildman–Crippen MR) is 94.6 cm³/mol. The Morgan fingerprint density at radius 2 is 1.88 bits per heavy atom. The molecule has 2 N–H and O–H groups in total. The van der Waals surface area contributed by atoms with Gasteiger partial charge in [-0.25, -0.2) is 5.48 Å². The van der Waals surface area contributed by atoms with E-state index in [1.807, 2.05) is 48.5 Å². The molecule has 5 nitrogen and oxygen atoms in total. The Bertz CT molecular complexity index is 890. The number of hydrogen-bond acceptors (Lipinski definition) is 4. The zero-order chi connectivity index (χ0) is 17.1. The van der Waals surface area contributed by atoms with Gasteiger partial charge in [0.25, 0.3) is 5.91 Å². The largest absolute Gasteiger partial charge is 0.315 e. The molecular formula is C18H16N2O3S. The molecule has 2 aromatic carbocycles. The summed E-state index contributed by atoms with van der Waals surface area (Å²) < 4.78 is 0.880. The van der Waals surface area contributed by atoms with Crippen LogP contribution in [0.1, 0.15) is 15.2 Å². The molecule has 3 rings (SSSR count). The summed E-state index contributed by atoms with van der Waals surface area (Å²) in [6, 6.07) is 16.9. The van der Waals surface area contributed by atoms with Gasteiger partial charge >= 0.3 is 0 Å². The van der Waals surface area contributed by atoms with Crippen molar-refractivity contribution < 1.29 is 14.8 Å². The van der Waals surface area contributed by atoms with Crippen LogP contribution in [0.3, 0.4) is 0 Å². The Morgan fingerprint density at radius 1 is 1.12 bits per heavy atom. The summed E-state index contributed by atoms with van der Waals surface area (Å²) in [7, 11) is 1.74. The molecule has 122 valence electrons. The summed E-state index contributed by atoms with van der Waals surface area (Å²) in [5.41, 5.74) is 3.36. The first-order valence-electron chi connectivity index (χ1n) is 7.37. The zero-order valence-electron chi connectivity index (χ0n) is 13.0. The van der Waals surface area contributed by atoms with E-state index in [0.717, 1.165) is 21.3 Å². The summed E-state index contributed by atoms with van der Waals surface area (Å²) >= 11 is 1.27. The maximum atomic E-state index is 12.4. The Morgan fingerprint density at radius 3 is 2.58 bits per heavy atom. The molecule has 0 saturated carbocycles. The van der Waals surface area contributed by atoms with Gasteiger partial charge in [-0.15, -0.1) is 11.3 Å². The molecule has 6 heteroatoms. The Hall–Kier alpha value is -2.70. The van der Waals surface area contributed by atoms with Crippen LogP contribution in [0.2, 0.25) is 0 Å². The van der Waals surface area contributed by atoms with Crippen molar-refractivity contribution in [3.63, 3.8) is 0 Å². The van der Waals surface area contributed by atoms with Gasteiger partial charge in [-0.05, 0) is 29.1 Å². The lowest BCUT2D eigenvalue weighted by atomic mass is 10.1. The summed E-state index contributed by atoms with van der Waals surface area (Å²) in [6.07, 6.45) is 0.331. The van der Waals surface area contributed by atoms with E-state index in [-0.39, 0.29) is 5.91 Å². The number of nitrogens with one attached hydrogen (secondary N) is 1. The van der Waals surface area contributed by atoms with Crippen molar-refractivity contribution in [3.05, 3.63) is 65.0 Å². The summed E-state index contributed by atoms with van der Waals surface area (Å²) in [6.45, 7) is 0. The number of amides is 2. The minimum atomic E-state index is -0.536. The van der Waals surface area contributed by atoms with E-state index in [1.165, 1.54) is 11.3 Å². The number of nitrogens with zero attached hydrogens (tertiary/aromatic N) is 1. The first-order valence-corrected chi connectivity index (χ1v) is 8.18. The summed E-state index contributed by atoms with van der Waals surface area (Å²) in [4.78, 5) is 26.0. The molecule has 0 spiro atoms. The number of rotatable bonds is 4. The number of fused-ring (bicyclic) bond motifs is 1. The maximum absolute atomic E-state index is 12.4. The first kappa shape index (κ1) is 16.2. The Balaban J connectivity index is 1.82. The van der Waals surface area contributed by atoms with E-state index in [4.69, 9.17) is 5.21 Å². The molecule has 0 saturated heterocycles. The van der Waals surface area contributed by atoms with Crippen LogP contribution in [0.5, 0.6) is 0 Å². The smallest absolute Gasteiger partial charge is 0.284 e. The fourth-order valence-corrected chi connectivity index (χ4v) is 3.41. The van der Waals surface area contributed by atoms with Crippen LogP contribution in [0.4, 0.5) is 5.69 Å². The molecular weight excluding hydrogens is 324 g/mol. The van der Waals surface area contributed by atoms with Crippen molar-refractivity contribution in [3.8, 4) is 0 Å². The van der Waals surface area contributed by atoms with Gasteiger partial charge in [-0.2, -0.15) is 0 Å². The third kappa shape index (κ3) is 3.29. The van der Waals surface area contributed by atoms with Gasteiger partial charge in [-0.1, -0.05) is 36.4 Å². The van der Waals surface area contributed by atoms with Crippen LogP contribution in [0.25, 0.3) is 10.1 Å². The second-order valence-electron chi connectivity index (χ2n) is 5.39. The predicted octanol–water partition coefficient (Wildman–Crippen LogP) is 3.23. The highest BCUT2D eigenvalue weighted by molar-refractivity contribution is 7.20.